The standard InChI is InChI=1S/C14H17ClO5/c1-20-13(18)7-6-11(16)9-2-4-10(5-3-9)14(19)12(17)8-15/h2-5,12,14,17,19H,6-8H2,1H3. The number of rotatable bonds is 7. The minimum atomic E-state index is -1.09. The van der Waals surface area contributed by atoms with E-state index in [4.69, 9.17) is 11.6 Å². The van der Waals surface area contributed by atoms with Crippen LogP contribution in [0, 0.1) is 0 Å². The molecule has 0 aliphatic carbocycles. The number of hydrogen-bond donors (Lipinski definition) is 2. The Labute approximate surface area is 122 Å². The summed E-state index contributed by atoms with van der Waals surface area (Å²) in [6.45, 7) is 0. The van der Waals surface area contributed by atoms with Gasteiger partial charge in [0.2, 0.25) is 0 Å². The number of esters is 1. The number of methoxy groups -OCH3 is 1. The lowest BCUT2D eigenvalue weighted by Gasteiger charge is -2.15. The van der Waals surface area contributed by atoms with Crippen molar-refractivity contribution in [3.63, 3.8) is 0 Å². The number of halogens is 1. The van der Waals surface area contributed by atoms with Gasteiger partial charge in [0.1, 0.15) is 6.10 Å². The van der Waals surface area contributed by atoms with Crippen LogP contribution in [0.15, 0.2) is 24.3 Å². The number of hydrogen-bond acceptors (Lipinski definition) is 5. The van der Waals surface area contributed by atoms with E-state index in [1.165, 1.54) is 7.11 Å². The number of aliphatic hydroxyl groups excluding tert-OH is 2. The molecule has 0 aliphatic heterocycles. The summed E-state index contributed by atoms with van der Waals surface area (Å²) >= 11 is 5.46. The van der Waals surface area contributed by atoms with Crippen molar-refractivity contribution >= 4 is 23.4 Å². The maximum Gasteiger partial charge on any atom is 0.305 e. The quantitative estimate of drug-likeness (QED) is 0.452. The van der Waals surface area contributed by atoms with Gasteiger partial charge in [0.05, 0.1) is 25.5 Å². The van der Waals surface area contributed by atoms with Gasteiger partial charge in [-0.15, -0.1) is 11.6 Å². The molecule has 2 N–H and O–H groups in total. The number of ether oxygens (including phenoxy) is 1. The Bertz CT molecular complexity index is 457. The van der Waals surface area contributed by atoms with Crippen LogP contribution in [0.5, 0.6) is 0 Å². The van der Waals surface area contributed by atoms with E-state index in [0.29, 0.717) is 11.1 Å². The molecule has 0 spiro atoms. The summed E-state index contributed by atoms with van der Waals surface area (Å²) < 4.78 is 4.46. The molecule has 0 aliphatic rings. The van der Waals surface area contributed by atoms with E-state index in [0.717, 1.165) is 0 Å². The summed E-state index contributed by atoms with van der Waals surface area (Å²) in [7, 11) is 1.27. The molecule has 0 amide bonds. The lowest BCUT2D eigenvalue weighted by molar-refractivity contribution is -0.140. The molecule has 0 heterocycles. The third kappa shape index (κ3) is 4.59. The topological polar surface area (TPSA) is 83.8 Å². The highest BCUT2D eigenvalue weighted by Gasteiger charge is 2.17. The van der Waals surface area contributed by atoms with Gasteiger partial charge >= 0.3 is 5.97 Å². The Morgan fingerprint density at radius 1 is 1.20 bits per heavy atom. The molecule has 110 valence electrons. The van der Waals surface area contributed by atoms with E-state index in [2.05, 4.69) is 4.74 Å². The minimum Gasteiger partial charge on any atom is -0.469 e. The third-order valence-electron chi connectivity index (χ3n) is 2.88. The van der Waals surface area contributed by atoms with Gasteiger partial charge in [-0.1, -0.05) is 24.3 Å². The second-order valence-corrected chi connectivity index (χ2v) is 4.60. The largest absolute Gasteiger partial charge is 0.469 e. The Morgan fingerprint density at radius 2 is 1.80 bits per heavy atom. The maximum atomic E-state index is 11.8. The molecule has 6 heteroatoms. The smallest absolute Gasteiger partial charge is 0.305 e. The molecule has 1 aromatic rings. The van der Waals surface area contributed by atoms with E-state index in [9.17, 15) is 19.8 Å². The first-order valence-electron chi connectivity index (χ1n) is 6.11. The fraction of sp³-hybridized carbons (Fsp3) is 0.429. The maximum absolute atomic E-state index is 11.8. The number of carbonyl (C=O) groups excluding carboxylic acids is 2. The molecule has 2 atom stereocenters. The number of carbonyl (C=O) groups is 2. The van der Waals surface area contributed by atoms with E-state index < -0.39 is 18.2 Å². The van der Waals surface area contributed by atoms with Gasteiger partial charge in [0, 0.05) is 12.0 Å². The van der Waals surface area contributed by atoms with Crippen molar-refractivity contribution in [3.8, 4) is 0 Å². The van der Waals surface area contributed by atoms with Crippen LogP contribution in [0.1, 0.15) is 34.9 Å². The number of alkyl halides is 1. The van der Waals surface area contributed by atoms with Crippen LogP contribution in [0.4, 0.5) is 0 Å². The van der Waals surface area contributed by atoms with Gasteiger partial charge in [-0.3, -0.25) is 9.59 Å². The molecule has 5 nitrogen and oxygen atoms in total. The molecule has 1 rings (SSSR count). The van der Waals surface area contributed by atoms with E-state index in [1.807, 2.05) is 0 Å². The van der Waals surface area contributed by atoms with Gasteiger partial charge in [-0.25, -0.2) is 0 Å². The molecule has 0 fully saturated rings. The highest BCUT2D eigenvalue weighted by Crippen LogP contribution is 2.19. The van der Waals surface area contributed by atoms with Gasteiger partial charge in [0.15, 0.2) is 5.78 Å². The van der Waals surface area contributed by atoms with Crippen molar-refractivity contribution < 1.29 is 24.5 Å². The summed E-state index contributed by atoms with van der Waals surface area (Å²) in [5.74, 6) is -0.703. The third-order valence-corrected chi connectivity index (χ3v) is 3.20. The van der Waals surface area contributed by atoms with Crippen molar-refractivity contribution in [1.82, 2.24) is 0 Å². The summed E-state index contributed by atoms with van der Waals surface area (Å²) in [6, 6.07) is 6.18. The van der Waals surface area contributed by atoms with Gasteiger partial charge in [0.25, 0.3) is 0 Å². The van der Waals surface area contributed by atoms with Crippen LogP contribution in [0.3, 0.4) is 0 Å². The fourth-order valence-electron chi connectivity index (χ4n) is 1.63. The number of benzene rings is 1. The monoisotopic (exact) mass is 300 g/mol. The minimum absolute atomic E-state index is 0.0324. The average Bonchev–Trinajstić information content (AvgIpc) is 2.50. The zero-order valence-corrected chi connectivity index (χ0v) is 11.8. The summed E-state index contributed by atoms with van der Waals surface area (Å²) in [5, 5.41) is 19.2. The normalized spacial score (nSPS) is 13.6. The Hall–Kier alpha value is -1.43. The SMILES string of the molecule is COC(=O)CCC(=O)c1ccc(C(O)C(O)CCl)cc1. The van der Waals surface area contributed by atoms with Crippen molar-refractivity contribution in [2.45, 2.75) is 25.0 Å². The average molecular weight is 301 g/mol. The Balaban J connectivity index is 2.66. The van der Waals surface area contributed by atoms with E-state index in [1.54, 1.807) is 24.3 Å². The second-order valence-electron chi connectivity index (χ2n) is 4.29. The number of Topliss-reactive ketones (excluding diaryl/α,β-unsaturated/α-hetero) is 1. The molecule has 1 aromatic carbocycles. The molecule has 0 saturated carbocycles. The first kappa shape index (κ1) is 16.6. The first-order valence-corrected chi connectivity index (χ1v) is 6.65. The van der Waals surface area contributed by atoms with Gasteiger partial charge in [-0.05, 0) is 5.56 Å². The number of aliphatic hydroxyl groups is 2. The number of ketones is 1. The molecule has 2 unspecified atom stereocenters. The summed E-state index contributed by atoms with van der Waals surface area (Å²) in [6.07, 6.45) is -2.05. The van der Waals surface area contributed by atoms with Crippen LogP contribution in [-0.2, 0) is 9.53 Å². The van der Waals surface area contributed by atoms with E-state index >= 15 is 0 Å². The molecule has 20 heavy (non-hydrogen) atoms. The van der Waals surface area contributed by atoms with Crippen molar-refractivity contribution in [1.29, 1.82) is 0 Å². The molecule has 0 bridgehead atoms. The van der Waals surface area contributed by atoms with Crippen LogP contribution in [0.25, 0.3) is 0 Å². The van der Waals surface area contributed by atoms with Crippen molar-refractivity contribution in [2.75, 3.05) is 13.0 Å². The van der Waals surface area contributed by atoms with Crippen LogP contribution >= 0.6 is 11.6 Å². The predicted octanol–water partition coefficient (Wildman–Crippen LogP) is 1.46. The van der Waals surface area contributed by atoms with Crippen LogP contribution < -0.4 is 0 Å². The lowest BCUT2D eigenvalue weighted by atomic mass is 10.0. The molecular formula is C14H17ClO5. The molecular weight excluding hydrogens is 284 g/mol. The Kier molecular flexibility index (Phi) is 6.64. The molecule has 0 radical (unpaired) electrons. The van der Waals surface area contributed by atoms with Gasteiger partial charge < -0.3 is 14.9 Å². The predicted molar refractivity (Wildman–Crippen MR) is 73.7 cm³/mol. The first-order chi connectivity index (χ1) is 9.49. The Morgan fingerprint density at radius 3 is 2.30 bits per heavy atom. The van der Waals surface area contributed by atoms with Crippen molar-refractivity contribution in [2.24, 2.45) is 0 Å². The van der Waals surface area contributed by atoms with Crippen molar-refractivity contribution in [3.05, 3.63) is 35.4 Å². The fourth-order valence-corrected chi connectivity index (χ4v) is 1.80. The van der Waals surface area contributed by atoms with E-state index in [-0.39, 0.29) is 24.5 Å². The van der Waals surface area contributed by atoms with Crippen LogP contribution in [0.2, 0.25) is 0 Å². The zero-order valence-electron chi connectivity index (χ0n) is 11.1. The van der Waals surface area contributed by atoms with Gasteiger partial charge in [-0.2, -0.15) is 0 Å². The lowest BCUT2D eigenvalue weighted by Crippen LogP contribution is -2.19. The summed E-state index contributed by atoms with van der Waals surface area (Å²) in [4.78, 5) is 22.7. The highest BCUT2D eigenvalue weighted by molar-refractivity contribution is 6.18. The second kappa shape index (κ2) is 7.99. The highest BCUT2D eigenvalue weighted by atomic mass is 35.5. The zero-order chi connectivity index (χ0) is 15.1. The molecule has 0 saturated heterocycles. The summed E-state index contributed by atoms with van der Waals surface area (Å²) in [5.41, 5.74) is 0.910. The molecule has 0 aromatic heterocycles. The van der Waals surface area contributed by atoms with Crippen LogP contribution in [-0.4, -0.2) is 41.1 Å².